The average molecular weight is 292 g/mol. The minimum Gasteiger partial charge on any atom is -0.497 e. The van der Waals surface area contributed by atoms with Crippen LogP contribution in [0.2, 0.25) is 0 Å². The van der Waals surface area contributed by atoms with Crippen molar-refractivity contribution < 1.29 is 23.9 Å². The highest BCUT2D eigenvalue weighted by atomic mass is 16.5. The maximum Gasteiger partial charge on any atom is 0.339 e. The molecule has 0 aliphatic rings. The number of carbonyl (C=O) groups is 1. The Kier molecular flexibility index (Phi) is 4.76. The van der Waals surface area contributed by atoms with E-state index in [0.717, 1.165) is 6.42 Å². The molecule has 7 heteroatoms. The monoisotopic (exact) mass is 292 g/mol. The molecule has 2 rings (SSSR count). The Morgan fingerprint density at radius 3 is 2.90 bits per heavy atom. The van der Waals surface area contributed by atoms with Crippen molar-refractivity contribution in [2.45, 2.75) is 26.4 Å². The van der Waals surface area contributed by atoms with Crippen LogP contribution in [-0.4, -0.2) is 28.3 Å². The molecule has 21 heavy (non-hydrogen) atoms. The van der Waals surface area contributed by atoms with Gasteiger partial charge in [0, 0.05) is 12.5 Å². The minimum absolute atomic E-state index is 0.0284. The van der Waals surface area contributed by atoms with Crippen LogP contribution in [0.3, 0.4) is 0 Å². The summed E-state index contributed by atoms with van der Waals surface area (Å²) in [5.74, 6) is 0.545. The van der Waals surface area contributed by atoms with Crippen LogP contribution in [-0.2, 0) is 13.0 Å². The van der Waals surface area contributed by atoms with Gasteiger partial charge >= 0.3 is 5.97 Å². The van der Waals surface area contributed by atoms with Crippen LogP contribution in [0, 0.1) is 0 Å². The quantitative estimate of drug-likeness (QED) is 0.836. The van der Waals surface area contributed by atoms with E-state index in [-0.39, 0.29) is 17.9 Å². The Morgan fingerprint density at radius 2 is 2.24 bits per heavy atom. The van der Waals surface area contributed by atoms with Crippen molar-refractivity contribution >= 4 is 5.97 Å². The standard InChI is InChI=1S/C14H16N2O5/c1-3-4-13-15-12(16-21-13)8-20-11-7-9(19-2)5-6-10(11)14(17)18/h5-7H,3-4,8H2,1-2H3,(H,17,18). The van der Waals surface area contributed by atoms with Crippen LogP contribution in [0.1, 0.15) is 35.4 Å². The number of benzene rings is 1. The maximum absolute atomic E-state index is 11.2. The number of aromatic nitrogens is 2. The lowest BCUT2D eigenvalue weighted by Gasteiger charge is -2.09. The zero-order chi connectivity index (χ0) is 15.2. The highest BCUT2D eigenvalue weighted by molar-refractivity contribution is 5.91. The summed E-state index contributed by atoms with van der Waals surface area (Å²) in [4.78, 5) is 15.3. The summed E-state index contributed by atoms with van der Waals surface area (Å²) in [6.07, 6.45) is 1.61. The molecule has 1 heterocycles. The number of aromatic carboxylic acids is 1. The smallest absolute Gasteiger partial charge is 0.339 e. The molecule has 0 radical (unpaired) electrons. The van der Waals surface area contributed by atoms with E-state index in [9.17, 15) is 4.79 Å². The predicted molar refractivity (Wildman–Crippen MR) is 72.6 cm³/mol. The van der Waals surface area contributed by atoms with Gasteiger partial charge in [-0.1, -0.05) is 12.1 Å². The molecule has 112 valence electrons. The second-order valence-corrected chi connectivity index (χ2v) is 4.31. The van der Waals surface area contributed by atoms with Gasteiger partial charge in [-0.25, -0.2) is 4.79 Å². The van der Waals surface area contributed by atoms with Gasteiger partial charge < -0.3 is 19.1 Å². The van der Waals surface area contributed by atoms with Crippen molar-refractivity contribution in [2.24, 2.45) is 0 Å². The number of hydrogen-bond donors (Lipinski definition) is 1. The molecule has 1 N–H and O–H groups in total. The Balaban J connectivity index is 2.12. The first-order valence-corrected chi connectivity index (χ1v) is 6.49. The van der Waals surface area contributed by atoms with Crippen molar-refractivity contribution in [1.82, 2.24) is 10.1 Å². The number of hydrogen-bond acceptors (Lipinski definition) is 6. The lowest BCUT2D eigenvalue weighted by molar-refractivity contribution is 0.0691. The molecule has 0 saturated carbocycles. The zero-order valence-corrected chi connectivity index (χ0v) is 11.8. The fraction of sp³-hybridized carbons (Fsp3) is 0.357. The van der Waals surface area contributed by atoms with Gasteiger partial charge in [0.25, 0.3) is 0 Å². The van der Waals surface area contributed by atoms with Crippen LogP contribution < -0.4 is 9.47 Å². The number of rotatable bonds is 7. The molecule has 0 aliphatic heterocycles. The fourth-order valence-electron chi connectivity index (χ4n) is 1.73. The summed E-state index contributed by atoms with van der Waals surface area (Å²) in [5, 5.41) is 12.9. The summed E-state index contributed by atoms with van der Waals surface area (Å²) in [5.41, 5.74) is 0.0491. The number of carboxylic acid groups (broad SMARTS) is 1. The molecular formula is C14H16N2O5. The molecule has 1 aromatic heterocycles. The number of nitrogens with zero attached hydrogens (tertiary/aromatic N) is 2. The number of methoxy groups -OCH3 is 1. The Bertz CT molecular complexity index is 624. The summed E-state index contributed by atoms with van der Waals surface area (Å²) in [7, 11) is 1.50. The van der Waals surface area contributed by atoms with Gasteiger partial charge in [0.2, 0.25) is 11.7 Å². The minimum atomic E-state index is -1.08. The third-order valence-electron chi connectivity index (χ3n) is 2.75. The molecule has 0 saturated heterocycles. The zero-order valence-electron chi connectivity index (χ0n) is 11.8. The maximum atomic E-state index is 11.2. The SMILES string of the molecule is CCCc1nc(COc2cc(OC)ccc2C(=O)O)no1. The molecule has 0 amide bonds. The van der Waals surface area contributed by atoms with Gasteiger partial charge in [0.1, 0.15) is 17.1 Å². The van der Waals surface area contributed by atoms with E-state index in [2.05, 4.69) is 10.1 Å². The number of aryl methyl sites for hydroxylation is 1. The highest BCUT2D eigenvalue weighted by Gasteiger charge is 2.14. The van der Waals surface area contributed by atoms with Crippen molar-refractivity contribution in [3.8, 4) is 11.5 Å². The van der Waals surface area contributed by atoms with E-state index in [4.69, 9.17) is 19.1 Å². The topological polar surface area (TPSA) is 94.7 Å². The molecule has 0 unspecified atom stereocenters. The summed E-state index contributed by atoms with van der Waals surface area (Å²) in [6.45, 7) is 2.04. The van der Waals surface area contributed by atoms with Crippen molar-refractivity contribution in [1.29, 1.82) is 0 Å². The first-order valence-electron chi connectivity index (χ1n) is 6.49. The second kappa shape index (κ2) is 6.74. The largest absolute Gasteiger partial charge is 0.497 e. The molecular weight excluding hydrogens is 276 g/mol. The van der Waals surface area contributed by atoms with Crippen molar-refractivity contribution in [3.05, 3.63) is 35.5 Å². The third kappa shape index (κ3) is 3.71. The van der Waals surface area contributed by atoms with E-state index < -0.39 is 5.97 Å². The van der Waals surface area contributed by atoms with Gasteiger partial charge in [-0.3, -0.25) is 0 Å². The van der Waals surface area contributed by atoms with Crippen LogP contribution in [0.15, 0.2) is 22.7 Å². The molecule has 0 fully saturated rings. The number of ether oxygens (including phenoxy) is 2. The summed E-state index contributed by atoms with van der Waals surface area (Å²) in [6, 6.07) is 4.50. The van der Waals surface area contributed by atoms with E-state index >= 15 is 0 Å². The normalized spacial score (nSPS) is 10.4. The Labute approximate surface area is 121 Å². The van der Waals surface area contributed by atoms with Gasteiger partial charge in [-0.15, -0.1) is 0 Å². The van der Waals surface area contributed by atoms with E-state index in [1.165, 1.54) is 19.2 Å². The van der Waals surface area contributed by atoms with Gasteiger partial charge in [0.05, 0.1) is 7.11 Å². The lowest BCUT2D eigenvalue weighted by atomic mass is 10.2. The van der Waals surface area contributed by atoms with Crippen LogP contribution in [0.5, 0.6) is 11.5 Å². The summed E-state index contributed by atoms with van der Waals surface area (Å²) < 4.78 is 15.6. The van der Waals surface area contributed by atoms with E-state index in [1.807, 2.05) is 6.92 Å². The van der Waals surface area contributed by atoms with Gasteiger partial charge in [-0.05, 0) is 18.6 Å². The molecule has 7 nitrogen and oxygen atoms in total. The fourth-order valence-corrected chi connectivity index (χ4v) is 1.73. The first-order chi connectivity index (χ1) is 10.1. The van der Waals surface area contributed by atoms with Crippen molar-refractivity contribution in [2.75, 3.05) is 7.11 Å². The lowest BCUT2D eigenvalue weighted by Crippen LogP contribution is -2.04. The molecule has 0 bridgehead atoms. The van der Waals surface area contributed by atoms with E-state index in [1.54, 1.807) is 6.07 Å². The first kappa shape index (κ1) is 14.8. The number of carboxylic acids is 1. The van der Waals surface area contributed by atoms with E-state index in [0.29, 0.717) is 23.9 Å². The van der Waals surface area contributed by atoms with Crippen LogP contribution in [0.4, 0.5) is 0 Å². The highest BCUT2D eigenvalue weighted by Crippen LogP contribution is 2.25. The summed E-state index contributed by atoms with van der Waals surface area (Å²) >= 11 is 0. The Morgan fingerprint density at radius 1 is 1.43 bits per heavy atom. The molecule has 2 aromatic rings. The molecule has 0 atom stereocenters. The van der Waals surface area contributed by atoms with Crippen LogP contribution >= 0.6 is 0 Å². The second-order valence-electron chi connectivity index (χ2n) is 4.31. The van der Waals surface area contributed by atoms with Gasteiger partial charge in [0.15, 0.2) is 6.61 Å². The molecule has 1 aromatic carbocycles. The molecule has 0 spiro atoms. The van der Waals surface area contributed by atoms with Crippen molar-refractivity contribution in [3.63, 3.8) is 0 Å². The van der Waals surface area contributed by atoms with Crippen LogP contribution in [0.25, 0.3) is 0 Å². The average Bonchev–Trinajstić information content (AvgIpc) is 2.92. The Hall–Kier alpha value is -2.57. The third-order valence-corrected chi connectivity index (χ3v) is 2.75. The molecule has 0 aliphatic carbocycles. The van der Waals surface area contributed by atoms with Gasteiger partial charge in [-0.2, -0.15) is 4.98 Å². The predicted octanol–water partition coefficient (Wildman–Crippen LogP) is 2.31.